The molecule has 3 aromatic rings. The average molecular weight is 476 g/mol. The summed E-state index contributed by atoms with van der Waals surface area (Å²) in [6.07, 6.45) is 1.02. The van der Waals surface area contributed by atoms with Crippen molar-refractivity contribution in [2.75, 3.05) is 0 Å². The SMILES string of the molecule is O=S(=O)(NC1(S(=O)(=O)c2ccccc2)CC=C(O)c2ccccc21)c1ccc(Cl)cc1. The van der Waals surface area contributed by atoms with Crippen molar-refractivity contribution in [1.29, 1.82) is 0 Å². The van der Waals surface area contributed by atoms with E-state index in [1.807, 2.05) is 0 Å². The third-order valence-corrected chi connectivity index (χ3v) is 9.35. The number of hydrogen-bond donors (Lipinski definition) is 2. The Balaban J connectivity index is 1.97. The molecule has 0 bridgehead atoms. The van der Waals surface area contributed by atoms with Gasteiger partial charge in [-0.25, -0.2) is 16.8 Å². The van der Waals surface area contributed by atoms with Gasteiger partial charge >= 0.3 is 0 Å². The molecule has 0 aromatic heterocycles. The molecule has 1 atom stereocenters. The molecule has 0 fully saturated rings. The van der Waals surface area contributed by atoms with Gasteiger partial charge in [-0.3, -0.25) is 0 Å². The molecule has 9 heteroatoms. The number of rotatable bonds is 5. The van der Waals surface area contributed by atoms with Crippen molar-refractivity contribution < 1.29 is 21.9 Å². The van der Waals surface area contributed by atoms with Gasteiger partial charge in [-0.1, -0.05) is 54.1 Å². The van der Waals surface area contributed by atoms with Crippen molar-refractivity contribution in [1.82, 2.24) is 4.72 Å². The minimum Gasteiger partial charge on any atom is -0.508 e. The first-order valence-electron chi connectivity index (χ1n) is 9.26. The van der Waals surface area contributed by atoms with Crippen LogP contribution in [0.25, 0.3) is 5.76 Å². The van der Waals surface area contributed by atoms with Gasteiger partial charge in [-0.05, 0) is 48.0 Å². The summed E-state index contributed by atoms with van der Waals surface area (Å²) in [5.41, 5.74) is 0.392. The first-order valence-corrected chi connectivity index (χ1v) is 12.6. The number of sulfone groups is 1. The predicted molar refractivity (Wildman–Crippen MR) is 119 cm³/mol. The standard InChI is InChI=1S/C22H18ClNO5S2/c23-16-10-12-18(13-11-16)31(28,29)24-22(30(26,27)17-6-2-1-3-7-17)15-14-21(25)19-8-4-5-9-20(19)22/h1-14,24-25H,15H2. The number of fused-ring (bicyclic) bond motifs is 1. The van der Waals surface area contributed by atoms with Crippen LogP contribution in [0.4, 0.5) is 0 Å². The first kappa shape index (κ1) is 21.6. The highest BCUT2D eigenvalue weighted by atomic mass is 35.5. The molecule has 2 N–H and O–H groups in total. The van der Waals surface area contributed by atoms with Gasteiger partial charge in [-0.2, -0.15) is 4.72 Å². The Hall–Kier alpha value is -2.65. The van der Waals surface area contributed by atoms with E-state index in [2.05, 4.69) is 4.72 Å². The highest BCUT2D eigenvalue weighted by Crippen LogP contribution is 2.44. The topological polar surface area (TPSA) is 101 Å². The fraction of sp³-hybridized carbons (Fsp3) is 0.0909. The summed E-state index contributed by atoms with van der Waals surface area (Å²) in [5, 5.41) is 10.7. The number of sulfonamides is 1. The van der Waals surface area contributed by atoms with Crippen LogP contribution in [0.5, 0.6) is 0 Å². The fourth-order valence-corrected chi connectivity index (χ4v) is 7.44. The highest BCUT2D eigenvalue weighted by molar-refractivity contribution is 7.94. The van der Waals surface area contributed by atoms with Gasteiger partial charge < -0.3 is 5.11 Å². The van der Waals surface area contributed by atoms with Crippen LogP contribution in [0, 0.1) is 0 Å². The van der Waals surface area contributed by atoms with Crippen molar-refractivity contribution in [3.05, 3.63) is 101 Å². The Labute approximate surface area is 185 Å². The van der Waals surface area contributed by atoms with Crippen molar-refractivity contribution in [2.45, 2.75) is 21.1 Å². The van der Waals surface area contributed by atoms with Gasteiger partial charge in [-0.15, -0.1) is 0 Å². The van der Waals surface area contributed by atoms with E-state index in [-0.39, 0.29) is 33.1 Å². The van der Waals surface area contributed by atoms with E-state index in [0.717, 1.165) is 0 Å². The van der Waals surface area contributed by atoms with Crippen molar-refractivity contribution in [3.8, 4) is 0 Å². The van der Waals surface area contributed by atoms with Crippen LogP contribution < -0.4 is 4.72 Å². The molecule has 0 heterocycles. The Morgan fingerprint density at radius 1 is 0.806 bits per heavy atom. The van der Waals surface area contributed by atoms with Crippen LogP contribution in [-0.2, 0) is 24.7 Å². The quantitative estimate of drug-likeness (QED) is 0.574. The van der Waals surface area contributed by atoms with Gasteiger partial charge in [0.2, 0.25) is 19.9 Å². The summed E-state index contributed by atoms with van der Waals surface area (Å²) in [7, 11) is -8.57. The molecule has 0 radical (unpaired) electrons. The molecule has 4 rings (SSSR count). The van der Waals surface area contributed by atoms with Gasteiger partial charge in [0.1, 0.15) is 5.76 Å². The van der Waals surface area contributed by atoms with Crippen molar-refractivity contribution in [2.24, 2.45) is 0 Å². The first-order chi connectivity index (χ1) is 14.7. The van der Waals surface area contributed by atoms with Crippen molar-refractivity contribution >= 4 is 37.2 Å². The molecule has 160 valence electrons. The zero-order valence-electron chi connectivity index (χ0n) is 16.1. The molecule has 0 amide bonds. The number of hydrogen-bond acceptors (Lipinski definition) is 5. The maximum Gasteiger partial charge on any atom is 0.242 e. The molecule has 1 unspecified atom stereocenters. The van der Waals surface area contributed by atoms with Crippen LogP contribution >= 0.6 is 11.6 Å². The van der Waals surface area contributed by atoms with Gasteiger partial charge in [0.15, 0.2) is 4.87 Å². The molecule has 0 saturated carbocycles. The van der Waals surface area contributed by atoms with Crippen LogP contribution in [-0.4, -0.2) is 21.9 Å². The summed E-state index contributed by atoms with van der Waals surface area (Å²) in [6.45, 7) is 0. The molecule has 6 nitrogen and oxygen atoms in total. The Morgan fingerprint density at radius 3 is 2.10 bits per heavy atom. The lowest BCUT2D eigenvalue weighted by atomic mass is 9.91. The van der Waals surface area contributed by atoms with E-state index in [4.69, 9.17) is 11.6 Å². The fourth-order valence-electron chi connectivity index (χ4n) is 3.62. The third-order valence-electron chi connectivity index (χ3n) is 5.16. The Kier molecular flexibility index (Phi) is 5.43. The maximum absolute atomic E-state index is 13.9. The molecule has 1 aliphatic carbocycles. The van der Waals surface area contributed by atoms with Crippen LogP contribution in [0.15, 0.2) is 94.7 Å². The van der Waals surface area contributed by atoms with Crippen LogP contribution in [0.1, 0.15) is 17.5 Å². The lowest BCUT2D eigenvalue weighted by molar-refractivity contribution is 0.459. The second kappa shape index (κ2) is 7.80. The summed E-state index contributed by atoms with van der Waals surface area (Å²) >= 11 is 5.87. The van der Waals surface area contributed by atoms with E-state index >= 15 is 0 Å². The van der Waals surface area contributed by atoms with Crippen LogP contribution in [0.2, 0.25) is 5.02 Å². The summed E-state index contributed by atoms with van der Waals surface area (Å²) < 4.78 is 56.8. The number of aliphatic hydroxyl groups is 1. The van der Waals surface area contributed by atoms with Crippen LogP contribution in [0.3, 0.4) is 0 Å². The zero-order valence-corrected chi connectivity index (χ0v) is 18.5. The molecule has 0 aliphatic heterocycles. The Morgan fingerprint density at radius 2 is 1.42 bits per heavy atom. The smallest absolute Gasteiger partial charge is 0.242 e. The largest absolute Gasteiger partial charge is 0.508 e. The summed E-state index contributed by atoms with van der Waals surface area (Å²) in [5.74, 6) is -0.111. The molecule has 1 aliphatic rings. The number of nitrogens with one attached hydrogen (secondary N) is 1. The maximum atomic E-state index is 13.9. The average Bonchev–Trinajstić information content (AvgIpc) is 2.77. The zero-order chi connectivity index (χ0) is 22.3. The second-order valence-electron chi connectivity index (χ2n) is 7.04. The highest BCUT2D eigenvalue weighted by Gasteiger charge is 2.51. The van der Waals surface area contributed by atoms with Gasteiger partial charge in [0, 0.05) is 17.0 Å². The summed E-state index contributed by atoms with van der Waals surface area (Å²) in [6, 6.07) is 19.3. The normalized spacial score (nSPS) is 18.8. The van der Waals surface area contributed by atoms with Crippen molar-refractivity contribution in [3.63, 3.8) is 0 Å². The monoisotopic (exact) mass is 475 g/mol. The minimum absolute atomic E-state index is 0.0431. The lowest BCUT2D eigenvalue weighted by Crippen LogP contribution is -2.52. The molecule has 31 heavy (non-hydrogen) atoms. The number of benzene rings is 3. The predicted octanol–water partition coefficient (Wildman–Crippen LogP) is 4.25. The molecular weight excluding hydrogens is 458 g/mol. The molecule has 0 saturated heterocycles. The van der Waals surface area contributed by atoms with E-state index < -0.39 is 24.7 Å². The number of aliphatic hydroxyl groups excluding tert-OH is 1. The van der Waals surface area contributed by atoms with Gasteiger partial charge in [0.05, 0.1) is 9.79 Å². The van der Waals surface area contributed by atoms with E-state index in [1.165, 1.54) is 48.5 Å². The van der Waals surface area contributed by atoms with E-state index in [0.29, 0.717) is 5.02 Å². The second-order valence-corrected chi connectivity index (χ2v) is 11.3. The lowest BCUT2D eigenvalue weighted by Gasteiger charge is -2.37. The van der Waals surface area contributed by atoms with E-state index in [1.54, 1.807) is 36.4 Å². The van der Waals surface area contributed by atoms with Gasteiger partial charge in [0.25, 0.3) is 0 Å². The molecule has 3 aromatic carbocycles. The molecular formula is C22H18ClNO5S2. The molecule has 0 spiro atoms. The third kappa shape index (κ3) is 3.65. The Bertz CT molecular complexity index is 1370. The minimum atomic E-state index is -4.29. The number of halogens is 1. The summed E-state index contributed by atoms with van der Waals surface area (Å²) in [4.78, 5) is -2.23. The van der Waals surface area contributed by atoms with E-state index in [9.17, 15) is 21.9 Å².